The molecule has 2 heteroatoms. The summed E-state index contributed by atoms with van der Waals surface area (Å²) >= 11 is 0. The highest BCUT2D eigenvalue weighted by atomic mass is 16.6. The topological polar surface area (TPSA) is 18.5 Å². The van der Waals surface area contributed by atoms with E-state index in [1.165, 1.54) is 6.42 Å². The van der Waals surface area contributed by atoms with Crippen molar-refractivity contribution in [3.8, 4) is 0 Å². The molecule has 3 aliphatic rings. The third-order valence-electron chi connectivity index (χ3n) is 3.50. The van der Waals surface area contributed by atoms with Crippen molar-refractivity contribution < 1.29 is 9.47 Å². The molecule has 0 aromatic rings. The molecule has 2 bridgehead atoms. The quantitative estimate of drug-likeness (QED) is 0.531. The minimum atomic E-state index is -0.0411. The van der Waals surface area contributed by atoms with Crippen LogP contribution in [0.25, 0.3) is 0 Å². The fourth-order valence-electron chi connectivity index (χ4n) is 2.91. The molecule has 2 nitrogen and oxygen atoms in total. The van der Waals surface area contributed by atoms with Crippen LogP contribution in [0.5, 0.6) is 0 Å². The zero-order valence-corrected chi connectivity index (χ0v) is 8.03. The molecule has 1 aliphatic carbocycles. The van der Waals surface area contributed by atoms with E-state index < -0.39 is 0 Å². The zero-order chi connectivity index (χ0) is 8.89. The van der Waals surface area contributed by atoms with E-state index in [4.69, 9.17) is 9.47 Å². The van der Waals surface area contributed by atoms with E-state index in [1.807, 2.05) is 0 Å². The van der Waals surface area contributed by atoms with Gasteiger partial charge in [-0.15, -0.1) is 0 Å². The Kier molecular flexibility index (Phi) is 1.59. The summed E-state index contributed by atoms with van der Waals surface area (Å²) in [5.74, 6) is 0. The first-order valence-electron chi connectivity index (χ1n) is 5.29. The molecule has 4 atom stereocenters. The van der Waals surface area contributed by atoms with Gasteiger partial charge in [-0.25, -0.2) is 0 Å². The summed E-state index contributed by atoms with van der Waals surface area (Å²) < 4.78 is 12.0. The van der Waals surface area contributed by atoms with Crippen LogP contribution in [0.1, 0.15) is 32.6 Å². The van der Waals surface area contributed by atoms with Gasteiger partial charge < -0.3 is 9.47 Å². The lowest BCUT2D eigenvalue weighted by atomic mass is 9.83. The van der Waals surface area contributed by atoms with Crippen LogP contribution in [-0.4, -0.2) is 23.9 Å². The van der Waals surface area contributed by atoms with Crippen molar-refractivity contribution in [2.24, 2.45) is 0 Å². The molecule has 2 aliphatic heterocycles. The van der Waals surface area contributed by atoms with E-state index in [2.05, 4.69) is 19.1 Å². The predicted octanol–water partition coefficient (Wildman–Crippen LogP) is 2.04. The average Bonchev–Trinajstić information content (AvgIpc) is 2.34. The number of hydrogen-bond acceptors (Lipinski definition) is 2. The van der Waals surface area contributed by atoms with Gasteiger partial charge in [-0.3, -0.25) is 0 Å². The zero-order valence-electron chi connectivity index (χ0n) is 8.03. The number of fused-ring (bicyclic) bond motifs is 1. The highest BCUT2D eigenvalue weighted by Gasteiger charge is 2.51. The minimum Gasteiger partial charge on any atom is -0.371 e. The van der Waals surface area contributed by atoms with E-state index in [0.717, 1.165) is 19.3 Å². The van der Waals surface area contributed by atoms with Gasteiger partial charge in [0.2, 0.25) is 0 Å². The van der Waals surface area contributed by atoms with Crippen molar-refractivity contribution in [3.63, 3.8) is 0 Å². The third-order valence-corrected chi connectivity index (χ3v) is 3.50. The summed E-state index contributed by atoms with van der Waals surface area (Å²) in [6, 6.07) is 0. The van der Waals surface area contributed by atoms with Gasteiger partial charge in [0.1, 0.15) is 5.60 Å². The standard InChI is InChI=1S/C11H16O2/c1-8-4-5-10-11(13-8)6-2-3-9(7-11)12-10/h2,6,8-10H,3-5,7H2,1H3/t8-,9?,10?,11-/m0/s1. The second-order valence-corrected chi connectivity index (χ2v) is 4.55. The van der Waals surface area contributed by atoms with Crippen LogP contribution in [0.15, 0.2) is 12.2 Å². The van der Waals surface area contributed by atoms with Crippen LogP contribution in [0.3, 0.4) is 0 Å². The van der Waals surface area contributed by atoms with Gasteiger partial charge in [-0.2, -0.15) is 0 Å². The molecular formula is C11H16O2. The molecule has 13 heavy (non-hydrogen) atoms. The van der Waals surface area contributed by atoms with E-state index in [0.29, 0.717) is 18.3 Å². The Morgan fingerprint density at radius 1 is 1.38 bits per heavy atom. The Morgan fingerprint density at radius 3 is 3.23 bits per heavy atom. The van der Waals surface area contributed by atoms with Crippen molar-refractivity contribution in [1.29, 1.82) is 0 Å². The first-order valence-corrected chi connectivity index (χ1v) is 5.29. The summed E-state index contributed by atoms with van der Waals surface area (Å²) in [4.78, 5) is 0. The number of rotatable bonds is 0. The lowest BCUT2D eigenvalue weighted by Gasteiger charge is -2.39. The van der Waals surface area contributed by atoms with Gasteiger partial charge in [-0.05, 0) is 26.2 Å². The van der Waals surface area contributed by atoms with Gasteiger partial charge in [0.05, 0.1) is 18.3 Å². The van der Waals surface area contributed by atoms with Gasteiger partial charge in [-0.1, -0.05) is 12.2 Å². The maximum atomic E-state index is 6.06. The van der Waals surface area contributed by atoms with Crippen molar-refractivity contribution in [2.75, 3.05) is 0 Å². The van der Waals surface area contributed by atoms with Crippen LogP contribution >= 0.6 is 0 Å². The van der Waals surface area contributed by atoms with Crippen LogP contribution in [0, 0.1) is 0 Å². The van der Waals surface area contributed by atoms with Crippen molar-refractivity contribution in [2.45, 2.75) is 56.5 Å². The minimum absolute atomic E-state index is 0.0411. The van der Waals surface area contributed by atoms with Crippen molar-refractivity contribution in [3.05, 3.63) is 12.2 Å². The Hall–Kier alpha value is -0.340. The molecule has 3 rings (SSSR count). The Balaban J connectivity index is 1.93. The highest BCUT2D eigenvalue weighted by molar-refractivity contribution is 5.17. The van der Waals surface area contributed by atoms with Crippen LogP contribution < -0.4 is 0 Å². The predicted molar refractivity (Wildman–Crippen MR) is 49.5 cm³/mol. The van der Waals surface area contributed by atoms with E-state index in [1.54, 1.807) is 0 Å². The molecule has 2 unspecified atom stereocenters. The molecular weight excluding hydrogens is 164 g/mol. The Labute approximate surface area is 78.9 Å². The molecule has 72 valence electrons. The largest absolute Gasteiger partial charge is 0.371 e. The second kappa shape index (κ2) is 2.58. The monoisotopic (exact) mass is 180 g/mol. The first kappa shape index (κ1) is 8.01. The molecule has 2 heterocycles. The molecule has 2 saturated heterocycles. The first-order chi connectivity index (χ1) is 6.28. The van der Waals surface area contributed by atoms with E-state index in [9.17, 15) is 0 Å². The molecule has 1 spiro atoms. The molecule has 0 amide bonds. The van der Waals surface area contributed by atoms with Crippen LogP contribution in [0.4, 0.5) is 0 Å². The third kappa shape index (κ3) is 1.09. The summed E-state index contributed by atoms with van der Waals surface area (Å²) in [5, 5.41) is 0. The molecule has 2 fully saturated rings. The molecule has 0 N–H and O–H groups in total. The number of hydrogen-bond donors (Lipinski definition) is 0. The molecule has 0 aromatic carbocycles. The van der Waals surface area contributed by atoms with Gasteiger partial charge in [0.15, 0.2) is 0 Å². The van der Waals surface area contributed by atoms with Crippen LogP contribution in [-0.2, 0) is 9.47 Å². The Morgan fingerprint density at radius 2 is 2.31 bits per heavy atom. The fourth-order valence-corrected chi connectivity index (χ4v) is 2.91. The molecule has 0 radical (unpaired) electrons. The molecule has 0 saturated carbocycles. The van der Waals surface area contributed by atoms with Gasteiger partial charge >= 0.3 is 0 Å². The summed E-state index contributed by atoms with van der Waals surface area (Å²) in [7, 11) is 0. The highest BCUT2D eigenvalue weighted by Crippen LogP contribution is 2.45. The lowest BCUT2D eigenvalue weighted by molar-refractivity contribution is -0.132. The number of ether oxygens (including phenoxy) is 2. The van der Waals surface area contributed by atoms with E-state index in [-0.39, 0.29) is 5.60 Å². The summed E-state index contributed by atoms with van der Waals surface area (Å²) in [6.45, 7) is 2.17. The Bertz CT molecular complexity index is 248. The van der Waals surface area contributed by atoms with Crippen LogP contribution in [0.2, 0.25) is 0 Å². The maximum absolute atomic E-state index is 6.06. The fraction of sp³-hybridized carbons (Fsp3) is 0.818. The van der Waals surface area contributed by atoms with Gasteiger partial charge in [0, 0.05) is 6.42 Å². The SMILES string of the molecule is C[C@H]1CCC2OC3CC=C[C@@]2(C3)O1. The second-order valence-electron chi connectivity index (χ2n) is 4.55. The van der Waals surface area contributed by atoms with E-state index >= 15 is 0 Å². The maximum Gasteiger partial charge on any atom is 0.115 e. The van der Waals surface area contributed by atoms with Crippen molar-refractivity contribution in [1.82, 2.24) is 0 Å². The average molecular weight is 180 g/mol. The summed E-state index contributed by atoms with van der Waals surface area (Å²) in [6.07, 6.45) is 10.1. The smallest absolute Gasteiger partial charge is 0.115 e. The van der Waals surface area contributed by atoms with Crippen molar-refractivity contribution >= 4 is 0 Å². The lowest BCUT2D eigenvalue weighted by Crippen LogP contribution is -2.46. The normalized spacial score (nSPS) is 53.5. The van der Waals surface area contributed by atoms with Gasteiger partial charge in [0.25, 0.3) is 0 Å². The molecule has 0 aromatic heterocycles. The summed E-state index contributed by atoms with van der Waals surface area (Å²) in [5.41, 5.74) is -0.0411.